The molecule has 0 fully saturated rings. The number of pyridine rings is 1. The molecule has 26 heavy (non-hydrogen) atoms. The maximum Gasteiger partial charge on any atom is 0.255 e. The summed E-state index contributed by atoms with van der Waals surface area (Å²) in [6.45, 7) is 5.16. The number of rotatable bonds is 6. The van der Waals surface area contributed by atoms with Crippen LogP contribution in [-0.2, 0) is 0 Å². The van der Waals surface area contributed by atoms with Gasteiger partial charge in [-0.15, -0.1) is 24.8 Å². The molecule has 2 rings (SSSR count). The van der Waals surface area contributed by atoms with Gasteiger partial charge in [-0.3, -0.25) is 4.79 Å². The molecular formula is C18H24BrCl2N3O2. The van der Waals surface area contributed by atoms with Gasteiger partial charge in [-0.2, -0.15) is 0 Å². The van der Waals surface area contributed by atoms with Gasteiger partial charge in [-0.1, -0.05) is 29.8 Å². The highest BCUT2D eigenvalue weighted by molar-refractivity contribution is 9.10. The lowest BCUT2D eigenvalue weighted by Crippen LogP contribution is -2.39. The number of carbonyl (C=O) groups is 1. The standard InChI is InChI=1S/C18H22BrN3O2.2ClH/c1-18(2,11-20)12-22(3)17(23)13-4-9-16(21-10-13)24-15-7-5-14(19)6-8-15;;/h4-10H,11-12,20H2,1-3H3;2*1H. The maximum absolute atomic E-state index is 12.4. The first-order valence-electron chi connectivity index (χ1n) is 7.66. The molecule has 0 atom stereocenters. The minimum Gasteiger partial charge on any atom is -0.439 e. The number of aromatic nitrogens is 1. The summed E-state index contributed by atoms with van der Waals surface area (Å²) in [5.74, 6) is 1.05. The highest BCUT2D eigenvalue weighted by atomic mass is 79.9. The van der Waals surface area contributed by atoms with Crippen molar-refractivity contribution in [1.82, 2.24) is 9.88 Å². The van der Waals surface area contributed by atoms with Crippen molar-refractivity contribution in [3.63, 3.8) is 0 Å². The lowest BCUT2D eigenvalue weighted by atomic mass is 9.93. The molecule has 0 bridgehead atoms. The zero-order chi connectivity index (χ0) is 17.7. The number of carbonyl (C=O) groups excluding carboxylic acids is 1. The summed E-state index contributed by atoms with van der Waals surface area (Å²) in [6.07, 6.45) is 1.53. The van der Waals surface area contributed by atoms with Crippen molar-refractivity contribution in [2.45, 2.75) is 13.8 Å². The second-order valence-corrected chi connectivity index (χ2v) is 7.39. The molecule has 0 saturated heterocycles. The molecule has 0 aliphatic rings. The Kier molecular flexibility index (Phi) is 10.2. The average molecular weight is 465 g/mol. The number of benzene rings is 1. The zero-order valence-electron chi connectivity index (χ0n) is 14.9. The predicted octanol–water partition coefficient (Wildman–Crippen LogP) is 4.54. The normalized spacial score (nSPS) is 10.3. The van der Waals surface area contributed by atoms with E-state index in [-0.39, 0.29) is 36.1 Å². The smallest absolute Gasteiger partial charge is 0.255 e. The molecule has 0 saturated carbocycles. The van der Waals surface area contributed by atoms with Crippen LogP contribution in [0.1, 0.15) is 24.2 Å². The van der Waals surface area contributed by atoms with Crippen molar-refractivity contribution >= 4 is 46.7 Å². The maximum atomic E-state index is 12.4. The molecule has 1 heterocycles. The van der Waals surface area contributed by atoms with Gasteiger partial charge in [0, 0.05) is 30.3 Å². The van der Waals surface area contributed by atoms with Crippen molar-refractivity contribution in [3.8, 4) is 11.6 Å². The van der Waals surface area contributed by atoms with Gasteiger partial charge in [-0.25, -0.2) is 4.98 Å². The van der Waals surface area contributed by atoms with Crippen LogP contribution in [0, 0.1) is 5.41 Å². The van der Waals surface area contributed by atoms with Crippen molar-refractivity contribution in [2.75, 3.05) is 20.1 Å². The van der Waals surface area contributed by atoms with Crippen LogP contribution in [-0.4, -0.2) is 35.9 Å². The van der Waals surface area contributed by atoms with Gasteiger partial charge in [0.1, 0.15) is 5.75 Å². The van der Waals surface area contributed by atoms with Gasteiger partial charge in [0.2, 0.25) is 5.88 Å². The summed E-state index contributed by atoms with van der Waals surface area (Å²) >= 11 is 3.37. The van der Waals surface area contributed by atoms with Gasteiger partial charge in [0.25, 0.3) is 5.91 Å². The van der Waals surface area contributed by atoms with Crippen LogP contribution < -0.4 is 10.5 Å². The Labute approximate surface area is 175 Å². The van der Waals surface area contributed by atoms with Gasteiger partial charge in [0.05, 0.1) is 5.56 Å². The van der Waals surface area contributed by atoms with Gasteiger partial charge in [0.15, 0.2) is 0 Å². The fourth-order valence-corrected chi connectivity index (χ4v) is 2.45. The number of ether oxygens (including phenoxy) is 1. The molecule has 2 aromatic rings. The van der Waals surface area contributed by atoms with Crippen LogP contribution in [0.5, 0.6) is 11.6 Å². The lowest BCUT2D eigenvalue weighted by molar-refractivity contribution is 0.0740. The van der Waals surface area contributed by atoms with Crippen molar-refractivity contribution < 1.29 is 9.53 Å². The van der Waals surface area contributed by atoms with E-state index in [1.165, 1.54) is 6.20 Å². The molecule has 0 radical (unpaired) electrons. The van der Waals surface area contributed by atoms with Crippen molar-refractivity contribution in [2.24, 2.45) is 11.1 Å². The molecule has 0 unspecified atom stereocenters. The number of halogens is 3. The van der Waals surface area contributed by atoms with Gasteiger partial charge < -0.3 is 15.4 Å². The molecule has 0 aliphatic heterocycles. The van der Waals surface area contributed by atoms with E-state index in [2.05, 4.69) is 20.9 Å². The molecule has 1 aromatic heterocycles. The molecular weight excluding hydrogens is 441 g/mol. The SMILES string of the molecule is CN(CC(C)(C)CN)C(=O)c1ccc(Oc2ccc(Br)cc2)nc1.Cl.Cl. The minimum absolute atomic E-state index is 0. The number of amides is 1. The highest BCUT2D eigenvalue weighted by Crippen LogP contribution is 2.22. The Morgan fingerprint density at radius 2 is 1.81 bits per heavy atom. The third kappa shape index (κ3) is 7.11. The molecule has 1 aromatic carbocycles. The zero-order valence-corrected chi connectivity index (χ0v) is 18.2. The van der Waals surface area contributed by atoms with E-state index < -0.39 is 0 Å². The van der Waals surface area contributed by atoms with Crippen LogP contribution in [0.15, 0.2) is 47.1 Å². The third-order valence-electron chi connectivity index (χ3n) is 3.58. The first-order chi connectivity index (χ1) is 11.3. The summed E-state index contributed by atoms with van der Waals surface area (Å²) in [5, 5.41) is 0. The fraction of sp³-hybridized carbons (Fsp3) is 0.333. The van der Waals surface area contributed by atoms with Gasteiger partial charge in [-0.05, 0) is 42.3 Å². The lowest BCUT2D eigenvalue weighted by Gasteiger charge is -2.29. The van der Waals surface area contributed by atoms with Crippen LogP contribution >= 0.6 is 40.7 Å². The van der Waals surface area contributed by atoms with E-state index in [1.54, 1.807) is 24.1 Å². The average Bonchev–Trinajstić information content (AvgIpc) is 2.56. The van der Waals surface area contributed by atoms with Crippen LogP contribution in [0.2, 0.25) is 0 Å². The van der Waals surface area contributed by atoms with Gasteiger partial charge >= 0.3 is 0 Å². The second kappa shape index (κ2) is 10.7. The largest absolute Gasteiger partial charge is 0.439 e. The Morgan fingerprint density at radius 1 is 1.19 bits per heavy atom. The quantitative estimate of drug-likeness (QED) is 0.681. The molecule has 144 valence electrons. The minimum atomic E-state index is -0.123. The first kappa shape index (κ1) is 24.7. The van der Waals surface area contributed by atoms with E-state index in [4.69, 9.17) is 10.5 Å². The number of nitrogens with zero attached hydrogens (tertiary/aromatic N) is 2. The van der Waals surface area contributed by atoms with Crippen LogP contribution in [0.3, 0.4) is 0 Å². The molecule has 2 N–H and O–H groups in total. The summed E-state index contributed by atoms with van der Waals surface area (Å²) in [4.78, 5) is 18.3. The Bertz CT molecular complexity index is 695. The summed E-state index contributed by atoms with van der Waals surface area (Å²) in [5.41, 5.74) is 6.13. The molecule has 1 amide bonds. The summed E-state index contributed by atoms with van der Waals surface area (Å²) < 4.78 is 6.63. The summed E-state index contributed by atoms with van der Waals surface area (Å²) in [6, 6.07) is 10.9. The topological polar surface area (TPSA) is 68.5 Å². The van der Waals surface area contributed by atoms with E-state index in [9.17, 15) is 4.79 Å². The Hall–Kier alpha value is -1.34. The van der Waals surface area contributed by atoms with Crippen molar-refractivity contribution in [1.29, 1.82) is 0 Å². The monoisotopic (exact) mass is 463 g/mol. The highest BCUT2D eigenvalue weighted by Gasteiger charge is 2.22. The van der Waals surface area contributed by atoms with E-state index in [0.717, 1.165) is 4.47 Å². The van der Waals surface area contributed by atoms with Crippen LogP contribution in [0.25, 0.3) is 0 Å². The molecule has 0 aliphatic carbocycles. The van der Waals surface area contributed by atoms with E-state index in [0.29, 0.717) is 30.3 Å². The number of hydrogen-bond donors (Lipinski definition) is 1. The molecule has 5 nitrogen and oxygen atoms in total. The third-order valence-corrected chi connectivity index (χ3v) is 4.11. The predicted molar refractivity (Wildman–Crippen MR) is 113 cm³/mol. The first-order valence-corrected chi connectivity index (χ1v) is 8.45. The Balaban J connectivity index is 0.00000312. The number of hydrogen-bond acceptors (Lipinski definition) is 4. The molecule has 8 heteroatoms. The second-order valence-electron chi connectivity index (χ2n) is 6.47. The number of nitrogens with two attached hydrogens (primary N) is 1. The van der Waals surface area contributed by atoms with Crippen molar-refractivity contribution in [3.05, 3.63) is 52.6 Å². The Morgan fingerprint density at radius 3 is 2.31 bits per heavy atom. The van der Waals surface area contributed by atoms with Crippen LogP contribution in [0.4, 0.5) is 0 Å². The molecule has 0 spiro atoms. The summed E-state index contributed by atoms with van der Waals surface area (Å²) in [7, 11) is 1.77. The van der Waals surface area contributed by atoms with E-state index >= 15 is 0 Å². The van der Waals surface area contributed by atoms with E-state index in [1.807, 2.05) is 38.1 Å². The fourth-order valence-electron chi connectivity index (χ4n) is 2.19.